The number of fused-ring (bicyclic) bond motifs is 1. The SMILES string of the molecule is COC(=O)[C@@H]1C[C@@H](O)CN1CCCNC(=O)c1cc2nccc(Oc3ccc(CC(=O)Cc4cc(C)ccc4F)cc3)c2s1. The predicted octanol–water partition coefficient (Wildman–Crippen LogP) is 4.62. The van der Waals surface area contributed by atoms with Crippen LogP contribution in [0, 0.1) is 12.7 Å². The van der Waals surface area contributed by atoms with E-state index in [4.69, 9.17) is 9.47 Å². The number of aromatic nitrogens is 1. The van der Waals surface area contributed by atoms with E-state index in [9.17, 15) is 23.9 Å². The Morgan fingerprint density at radius 3 is 2.68 bits per heavy atom. The number of thiophene rings is 1. The zero-order valence-corrected chi connectivity index (χ0v) is 25.4. The minimum atomic E-state index is -0.570. The van der Waals surface area contributed by atoms with E-state index in [2.05, 4.69) is 10.3 Å². The first kappa shape index (κ1) is 31.2. The molecule has 3 heterocycles. The molecule has 0 radical (unpaired) electrons. The largest absolute Gasteiger partial charge is 0.468 e. The van der Waals surface area contributed by atoms with Gasteiger partial charge in [-0.05, 0) is 48.7 Å². The number of aryl methyl sites for hydroxylation is 1. The number of carbonyl (C=O) groups excluding carboxylic acids is 3. The number of nitrogens with one attached hydrogen (secondary N) is 1. The van der Waals surface area contributed by atoms with E-state index in [0.717, 1.165) is 15.8 Å². The van der Waals surface area contributed by atoms with Gasteiger partial charge in [0.1, 0.15) is 29.1 Å². The number of hydrogen-bond donors (Lipinski definition) is 2. The first-order valence-electron chi connectivity index (χ1n) is 14.4. The maximum absolute atomic E-state index is 14.0. The second kappa shape index (κ2) is 14.1. The highest BCUT2D eigenvalue weighted by atomic mass is 32.1. The standard InChI is InChI=1S/C33H34FN3O6S/c1-20-4-9-26(34)22(14-20)16-23(38)15-21-5-7-25(8-6-21)43-29-10-12-35-27-18-30(44-31(27)29)32(40)36-11-3-13-37-19-24(39)17-28(37)33(41)42-2/h4-10,12,14,18,24,28,39H,3,11,13,15-17,19H2,1-2H3,(H,36,40)/t24-,28+/m1/s1. The van der Waals surface area contributed by atoms with Gasteiger partial charge in [0.2, 0.25) is 0 Å². The number of halogens is 1. The summed E-state index contributed by atoms with van der Waals surface area (Å²) < 4.78 is 25.7. The lowest BCUT2D eigenvalue weighted by atomic mass is 10.0. The topological polar surface area (TPSA) is 118 Å². The number of esters is 1. The molecule has 11 heteroatoms. The molecule has 230 valence electrons. The third-order valence-electron chi connectivity index (χ3n) is 7.50. The predicted molar refractivity (Wildman–Crippen MR) is 165 cm³/mol. The summed E-state index contributed by atoms with van der Waals surface area (Å²) in [5, 5.41) is 12.9. The summed E-state index contributed by atoms with van der Waals surface area (Å²) in [5.41, 5.74) is 2.74. The van der Waals surface area contributed by atoms with Crippen LogP contribution >= 0.6 is 11.3 Å². The summed E-state index contributed by atoms with van der Waals surface area (Å²) >= 11 is 1.28. The summed E-state index contributed by atoms with van der Waals surface area (Å²) in [6.45, 7) is 3.21. The van der Waals surface area contributed by atoms with Gasteiger partial charge in [-0.2, -0.15) is 0 Å². The molecule has 2 N–H and O–H groups in total. The molecule has 1 saturated heterocycles. The molecule has 1 aliphatic heterocycles. The van der Waals surface area contributed by atoms with Crippen molar-refractivity contribution in [1.82, 2.24) is 15.2 Å². The number of ketones is 1. The second-order valence-corrected chi connectivity index (χ2v) is 12.0. The Morgan fingerprint density at radius 2 is 1.91 bits per heavy atom. The Kier molecular flexibility index (Phi) is 9.99. The van der Waals surface area contributed by atoms with E-state index in [0.29, 0.717) is 59.9 Å². The van der Waals surface area contributed by atoms with Crippen LogP contribution in [0.2, 0.25) is 0 Å². The van der Waals surface area contributed by atoms with Crippen molar-refractivity contribution in [2.75, 3.05) is 26.7 Å². The molecule has 1 aliphatic rings. The molecule has 44 heavy (non-hydrogen) atoms. The normalized spacial score (nSPS) is 16.6. The van der Waals surface area contributed by atoms with Crippen LogP contribution in [0.25, 0.3) is 10.2 Å². The molecule has 4 aromatic rings. The van der Waals surface area contributed by atoms with Crippen molar-refractivity contribution in [2.45, 2.75) is 44.8 Å². The number of methoxy groups -OCH3 is 1. The van der Waals surface area contributed by atoms with Crippen LogP contribution in [0.3, 0.4) is 0 Å². The Labute approximate surface area is 258 Å². The van der Waals surface area contributed by atoms with E-state index in [1.165, 1.54) is 24.5 Å². The molecule has 0 bridgehead atoms. The summed E-state index contributed by atoms with van der Waals surface area (Å²) in [5.74, 6) is 0.0707. The Bertz CT molecular complexity index is 1660. The maximum Gasteiger partial charge on any atom is 0.323 e. The summed E-state index contributed by atoms with van der Waals surface area (Å²) in [4.78, 5) is 44.2. The monoisotopic (exact) mass is 619 g/mol. The molecule has 5 rings (SSSR count). The number of rotatable bonds is 12. The van der Waals surface area contributed by atoms with Crippen molar-refractivity contribution >= 4 is 39.2 Å². The molecule has 0 spiro atoms. The number of aliphatic hydroxyl groups excluding tert-OH is 1. The third-order valence-corrected chi connectivity index (χ3v) is 8.64. The Balaban J connectivity index is 1.15. The number of nitrogens with zero attached hydrogens (tertiary/aromatic N) is 2. The summed E-state index contributed by atoms with van der Waals surface area (Å²) in [6.07, 6.45) is 2.22. The van der Waals surface area contributed by atoms with Crippen LogP contribution in [0.4, 0.5) is 4.39 Å². The van der Waals surface area contributed by atoms with E-state index in [1.54, 1.807) is 42.6 Å². The molecule has 0 unspecified atom stereocenters. The minimum Gasteiger partial charge on any atom is -0.468 e. The van der Waals surface area contributed by atoms with Gasteiger partial charge in [-0.15, -0.1) is 11.3 Å². The molecular formula is C33H34FN3O6S. The number of carbonyl (C=O) groups is 3. The smallest absolute Gasteiger partial charge is 0.323 e. The third kappa shape index (κ3) is 7.65. The molecule has 1 fully saturated rings. The zero-order chi connectivity index (χ0) is 31.2. The number of hydrogen-bond acceptors (Lipinski definition) is 9. The lowest BCUT2D eigenvalue weighted by Gasteiger charge is -2.21. The summed E-state index contributed by atoms with van der Waals surface area (Å²) in [7, 11) is 1.33. The van der Waals surface area contributed by atoms with Crippen molar-refractivity contribution in [1.29, 1.82) is 0 Å². The first-order chi connectivity index (χ1) is 21.2. The Morgan fingerprint density at radius 1 is 1.11 bits per heavy atom. The zero-order valence-electron chi connectivity index (χ0n) is 24.5. The molecule has 0 saturated carbocycles. The number of β-amino-alcohol motifs (C(OH)–C–C–N with tert-alkyl or cyclic N) is 1. The maximum atomic E-state index is 14.0. The number of ether oxygens (including phenoxy) is 2. The second-order valence-electron chi connectivity index (χ2n) is 10.9. The number of amides is 1. The number of benzene rings is 2. The number of Topliss-reactive ketones (excluding diaryl/α,β-unsaturated/α-hetero) is 1. The average molecular weight is 620 g/mol. The number of likely N-dealkylation sites (tertiary alicyclic amines) is 1. The quantitative estimate of drug-likeness (QED) is 0.174. The van der Waals surface area contributed by atoms with Crippen LogP contribution in [0.5, 0.6) is 11.5 Å². The molecule has 2 atom stereocenters. The lowest BCUT2D eigenvalue weighted by molar-refractivity contribution is -0.145. The van der Waals surface area contributed by atoms with Gasteiger partial charge in [-0.25, -0.2) is 4.39 Å². The fraction of sp³-hybridized carbons (Fsp3) is 0.333. The first-order valence-corrected chi connectivity index (χ1v) is 15.2. The van der Waals surface area contributed by atoms with Gasteiger partial charge < -0.3 is 19.9 Å². The van der Waals surface area contributed by atoms with Crippen LogP contribution in [-0.4, -0.2) is 71.5 Å². The highest BCUT2D eigenvalue weighted by molar-refractivity contribution is 7.21. The fourth-order valence-corrected chi connectivity index (χ4v) is 6.31. The molecule has 2 aromatic carbocycles. The molecule has 9 nitrogen and oxygen atoms in total. The van der Waals surface area contributed by atoms with Gasteiger partial charge in [0, 0.05) is 51.2 Å². The molecule has 1 amide bonds. The van der Waals surface area contributed by atoms with Gasteiger partial charge in [0.25, 0.3) is 5.91 Å². The van der Waals surface area contributed by atoms with E-state index >= 15 is 0 Å². The summed E-state index contributed by atoms with van der Waals surface area (Å²) in [6, 6.07) is 14.9. The lowest BCUT2D eigenvalue weighted by Crippen LogP contribution is -2.38. The van der Waals surface area contributed by atoms with Crippen molar-refractivity contribution in [3.8, 4) is 11.5 Å². The van der Waals surface area contributed by atoms with Gasteiger partial charge >= 0.3 is 5.97 Å². The van der Waals surface area contributed by atoms with Gasteiger partial charge in [-0.3, -0.25) is 24.3 Å². The van der Waals surface area contributed by atoms with Crippen molar-refractivity contribution in [3.05, 3.63) is 88.2 Å². The average Bonchev–Trinajstić information content (AvgIpc) is 3.62. The molecule has 2 aromatic heterocycles. The van der Waals surface area contributed by atoms with Crippen molar-refractivity contribution in [2.24, 2.45) is 0 Å². The van der Waals surface area contributed by atoms with Crippen LogP contribution in [-0.2, 0) is 27.2 Å². The van der Waals surface area contributed by atoms with Gasteiger partial charge in [-0.1, -0.05) is 29.8 Å². The fourth-order valence-electron chi connectivity index (χ4n) is 5.33. The van der Waals surface area contributed by atoms with Gasteiger partial charge in [0.05, 0.1) is 28.3 Å². The number of pyridine rings is 1. The van der Waals surface area contributed by atoms with Crippen LogP contribution in [0.1, 0.15) is 39.2 Å². The Hall–Kier alpha value is -4.19. The van der Waals surface area contributed by atoms with E-state index < -0.39 is 12.1 Å². The minimum absolute atomic E-state index is 0.0352. The van der Waals surface area contributed by atoms with Crippen LogP contribution < -0.4 is 10.1 Å². The van der Waals surface area contributed by atoms with Crippen molar-refractivity contribution < 1.29 is 33.4 Å². The van der Waals surface area contributed by atoms with Gasteiger partial charge in [0.15, 0.2) is 0 Å². The van der Waals surface area contributed by atoms with Crippen LogP contribution in [0.15, 0.2) is 60.8 Å². The van der Waals surface area contributed by atoms with Crippen molar-refractivity contribution in [3.63, 3.8) is 0 Å². The molecular weight excluding hydrogens is 585 g/mol. The number of aliphatic hydroxyl groups is 1. The highest BCUT2D eigenvalue weighted by Crippen LogP contribution is 2.35. The molecule has 0 aliphatic carbocycles. The van der Waals surface area contributed by atoms with E-state index in [1.807, 2.05) is 24.0 Å². The van der Waals surface area contributed by atoms with E-state index in [-0.39, 0.29) is 36.3 Å². The highest BCUT2D eigenvalue weighted by Gasteiger charge is 2.36.